The summed E-state index contributed by atoms with van der Waals surface area (Å²) in [5.74, 6) is 2.19. The molecule has 1 N–H and O–H groups in total. The molecule has 1 unspecified atom stereocenters. The van der Waals surface area contributed by atoms with E-state index in [4.69, 9.17) is 4.74 Å². The maximum Gasteiger partial charge on any atom is 0.136 e. The van der Waals surface area contributed by atoms with Crippen molar-refractivity contribution in [1.29, 1.82) is 0 Å². The van der Waals surface area contributed by atoms with Gasteiger partial charge in [-0.05, 0) is 25.8 Å². The van der Waals surface area contributed by atoms with Crippen LogP contribution in [-0.2, 0) is 4.74 Å². The summed E-state index contributed by atoms with van der Waals surface area (Å²) in [5.41, 5.74) is 0. The highest BCUT2D eigenvalue weighted by molar-refractivity contribution is 5.33. The molecular formula is C11H17N3O. The van der Waals surface area contributed by atoms with Crippen LogP contribution in [0.5, 0.6) is 0 Å². The molecule has 4 heteroatoms. The third kappa shape index (κ3) is 2.65. The van der Waals surface area contributed by atoms with Gasteiger partial charge in [0.25, 0.3) is 0 Å². The zero-order chi connectivity index (χ0) is 10.5. The number of hydrogen-bond acceptors (Lipinski definition) is 4. The molecule has 0 aromatic carbocycles. The van der Waals surface area contributed by atoms with Gasteiger partial charge in [0, 0.05) is 25.3 Å². The van der Waals surface area contributed by atoms with Crippen LogP contribution < -0.4 is 5.32 Å². The molecule has 1 aliphatic rings. The lowest BCUT2D eigenvalue weighted by Crippen LogP contribution is -2.18. The zero-order valence-electron chi connectivity index (χ0n) is 9.07. The largest absolute Gasteiger partial charge is 0.381 e. The van der Waals surface area contributed by atoms with E-state index in [2.05, 4.69) is 22.2 Å². The van der Waals surface area contributed by atoms with Gasteiger partial charge in [0.15, 0.2) is 0 Å². The predicted octanol–water partition coefficient (Wildman–Crippen LogP) is 1.80. The Morgan fingerprint density at radius 2 is 2.53 bits per heavy atom. The number of rotatable bonds is 3. The number of nitrogens with one attached hydrogen (secondary N) is 1. The molecule has 0 radical (unpaired) electrons. The van der Waals surface area contributed by atoms with E-state index >= 15 is 0 Å². The highest BCUT2D eigenvalue weighted by Crippen LogP contribution is 2.22. The maximum atomic E-state index is 5.44. The summed E-state index contributed by atoms with van der Waals surface area (Å²) in [4.78, 5) is 8.80. The number of nitrogens with zero attached hydrogens (tertiary/aromatic N) is 2. The summed E-state index contributed by atoms with van der Waals surface area (Å²) in [5, 5.41) is 3.20. The molecule has 1 fully saturated rings. The smallest absolute Gasteiger partial charge is 0.136 e. The van der Waals surface area contributed by atoms with E-state index in [1.165, 1.54) is 0 Å². The van der Waals surface area contributed by atoms with E-state index in [0.717, 1.165) is 44.2 Å². The van der Waals surface area contributed by atoms with Crippen LogP contribution in [-0.4, -0.2) is 29.7 Å². The first-order valence-corrected chi connectivity index (χ1v) is 5.54. The number of hydrogen-bond donors (Lipinski definition) is 1. The molecule has 1 saturated heterocycles. The van der Waals surface area contributed by atoms with E-state index in [-0.39, 0.29) is 0 Å². The van der Waals surface area contributed by atoms with E-state index in [9.17, 15) is 0 Å². The van der Waals surface area contributed by atoms with Crippen molar-refractivity contribution in [3.05, 3.63) is 18.1 Å². The standard InChI is InChI=1S/C11H17N3O/c1-2-12-10-5-6-13-11(14-10)9-4-3-7-15-8-9/h5-6,9H,2-4,7-8H2,1H3,(H,12,13,14). The number of ether oxygens (including phenoxy) is 1. The highest BCUT2D eigenvalue weighted by Gasteiger charge is 2.18. The van der Waals surface area contributed by atoms with E-state index in [1.807, 2.05) is 12.3 Å². The quantitative estimate of drug-likeness (QED) is 0.821. The molecule has 1 aromatic heterocycles. The molecule has 2 rings (SSSR count). The minimum atomic E-state index is 0.373. The predicted molar refractivity (Wildman–Crippen MR) is 59.0 cm³/mol. The Morgan fingerprint density at radius 3 is 3.27 bits per heavy atom. The van der Waals surface area contributed by atoms with Gasteiger partial charge in [-0.3, -0.25) is 0 Å². The normalized spacial score (nSPS) is 21.3. The molecule has 0 amide bonds. The van der Waals surface area contributed by atoms with Crippen LogP contribution >= 0.6 is 0 Å². The third-order valence-corrected chi connectivity index (χ3v) is 2.56. The summed E-state index contributed by atoms with van der Waals surface area (Å²) in [7, 11) is 0. The minimum Gasteiger partial charge on any atom is -0.381 e. The number of anilines is 1. The summed E-state index contributed by atoms with van der Waals surface area (Å²) < 4.78 is 5.44. The second-order valence-electron chi connectivity index (χ2n) is 3.74. The van der Waals surface area contributed by atoms with Crippen LogP contribution in [0.25, 0.3) is 0 Å². The third-order valence-electron chi connectivity index (χ3n) is 2.56. The van der Waals surface area contributed by atoms with Gasteiger partial charge in [-0.2, -0.15) is 0 Å². The second-order valence-corrected chi connectivity index (χ2v) is 3.74. The van der Waals surface area contributed by atoms with Gasteiger partial charge in [-0.15, -0.1) is 0 Å². The lowest BCUT2D eigenvalue weighted by Gasteiger charge is -2.20. The Labute approximate surface area is 90.1 Å². The van der Waals surface area contributed by atoms with Crippen molar-refractivity contribution < 1.29 is 4.74 Å². The average Bonchev–Trinajstić information content (AvgIpc) is 2.31. The fraction of sp³-hybridized carbons (Fsp3) is 0.636. The van der Waals surface area contributed by atoms with Crippen molar-refractivity contribution in [1.82, 2.24) is 9.97 Å². The fourth-order valence-corrected chi connectivity index (χ4v) is 1.79. The number of aromatic nitrogens is 2. The van der Waals surface area contributed by atoms with Crippen LogP contribution in [0.1, 0.15) is 31.5 Å². The molecule has 1 atom stereocenters. The lowest BCUT2D eigenvalue weighted by atomic mass is 10.0. The van der Waals surface area contributed by atoms with E-state index < -0.39 is 0 Å². The maximum absolute atomic E-state index is 5.44. The summed E-state index contributed by atoms with van der Waals surface area (Å²) in [6.45, 7) is 4.59. The van der Waals surface area contributed by atoms with E-state index in [0.29, 0.717) is 5.92 Å². The van der Waals surface area contributed by atoms with Crippen molar-refractivity contribution in [2.45, 2.75) is 25.7 Å². The Kier molecular flexibility index (Phi) is 3.50. The van der Waals surface area contributed by atoms with Crippen molar-refractivity contribution in [2.75, 3.05) is 25.1 Å². The van der Waals surface area contributed by atoms with Crippen molar-refractivity contribution in [3.63, 3.8) is 0 Å². The summed E-state index contributed by atoms with van der Waals surface area (Å²) >= 11 is 0. The molecular weight excluding hydrogens is 190 g/mol. The molecule has 0 spiro atoms. The minimum absolute atomic E-state index is 0.373. The molecule has 1 aliphatic heterocycles. The zero-order valence-corrected chi connectivity index (χ0v) is 9.07. The Morgan fingerprint density at radius 1 is 1.60 bits per heavy atom. The van der Waals surface area contributed by atoms with Crippen LogP contribution in [0.2, 0.25) is 0 Å². The van der Waals surface area contributed by atoms with Gasteiger partial charge < -0.3 is 10.1 Å². The van der Waals surface area contributed by atoms with E-state index in [1.54, 1.807) is 0 Å². The van der Waals surface area contributed by atoms with Crippen LogP contribution in [0.4, 0.5) is 5.82 Å². The molecule has 2 heterocycles. The molecule has 15 heavy (non-hydrogen) atoms. The lowest BCUT2D eigenvalue weighted by molar-refractivity contribution is 0.0781. The van der Waals surface area contributed by atoms with Gasteiger partial charge in [0.1, 0.15) is 11.6 Å². The molecule has 1 aromatic rings. The van der Waals surface area contributed by atoms with Crippen molar-refractivity contribution in [2.24, 2.45) is 0 Å². The monoisotopic (exact) mass is 207 g/mol. The van der Waals surface area contributed by atoms with Crippen molar-refractivity contribution >= 4 is 5.82 Å². The molecule has 4 nitrogen and oxygen atoms in total. The van der Waals surface area contributed by atoms with Gasteiger partial charge in [-0.1, -0.05) is 0 Å². The molecule has 0 aliphatic carbocycles. The second kappa shape index (κ2) is 5.07. The molecule has 82 valence electrons. The Bertz CT molecular complexity index is 310. The van der Waals surface area contributed by atoms with Gasteiger partial charge >= 0.3 is 0 Å². The Hall–Kier alpha value is -1.16. The van der Waals surface area contributed by atoms with Gasteiger partial charge in [0.2, 0.25) is 0 Å². The molecule has 0 saturated carbocycles. The highest BCUT2D eigenvalue weighted by atomic mass is 16.5. The average molecular weight is 207 g/mol. The first-order chi connectivity index (χ1) is 7.40. The first-order valence-electron chi connectivity index (χ1n) is 5.54. The molecule has 0 bridgehead atoms. The SMILES string of the molecule is CCNc1ccnc(C2CCCOC2)n1. The van der Waals surface area contributed by atoms with Crippen LogP contribution in [0, 0.1) is 0 Å². The fourth-order valence-electron chi connectivity index (χ4n) is 1.79. The van der Waals surface area contributed by atoms with Crippen LogP contribution in [0.3, 0.4) is 0 Å². The van der Waals surface area contributed by atoms with Gasteiger partial charge in [-0.25, -0.2) is 9.97 Å². The first kappa shape index (κ1) is 10.4. The van der Waals surface area contributed by atoms with Crippen LogP contribution in [0.15, 0.2) is 12.3 Å². The van der Waals surface area contributed by atoms with Crippen molar-refractivity contribution in [3.8, 4) is 0 Å². The topological polar surface area (TPSA) is 47.0 Å². The van der Waals surface area contributed by atoms with Gasteiger partial charge in [0.05, 0.1) is 6.61 Å². The summed E-state index contributed by atoms with van der Waals surface area (Å²) in [6.07, 6.45) is 4.06. The summed E-state index contributed by atoms with van der Waals surface area (Å²) in [6, 6.07) is 1.90. The Balaban J connectivity index is 2.09.